The maximum Gasteiger partial charge on any atom is 0.138 e. The SMILES string of the molecule is Cn1cc(CCOc2cnc3cccc(Br)c3c2)cn1. The quantitative estimate of drug-likeness (QED) is 0.736. The van der Waals surface area contributed by atoms with Gasteiger partial charge in [0.15, 0.2) is 0 Å². The van der Waals surface area contributed by atoms with E-state index in [1.165, 1.54) is 5.56 Å². The molecule has 3 aromatic rings. The van der Waals surface area contributed by atoms with Crippen molar-refractivity contribution in [2.75, 3.05) is 6.61 Å². The van der Waals surface area contributed by atoms with Crippen LogP contribution in [0.4, 0.5) is 0 Å². The van der Waals surface area contributed by atoms with Crippen LogP contribution in [0, 0.1) is 0 Å². The zero-order valence-electron chi connectivity index (χ0n) is 11.1. The zero-order valence-corrected chi connectivity index (χ0v) is 12.7. The average Bonchev–Trinajstić information content (AvgIpc) is 2.85. The second-order valence-electron chi connectivity index (χ2n) is 4.60. The van der Waals surface area contributed by atoms with Crippen molar-refractivity contribution in [1.82, 2.24) is 14.8 Å². The summed E-state index contributed by atoms with van der Waals surface area (Å²) in [4.78, 5) is 4.40. The molecule has 0 saturated heterocycles. The number of halogens is 1. The first-order valence-electron chi connectivity index (χ1n) is 6.37. The summed E-state index contributed by atoms with van der Waals surface area (Å²) in [5.41, 5.74) is 2.13. The Bertz CT molecular complexity index is 739. The van der Waals surface area contributed by atoms with Gasteiger partial charge in [-0.15, -0.1) is 0 Å². The monoisotopic (exact) mass is 331 g/mol. The molecule has 0 spiro atoms. The molecule has 0 unspecified atom stereocenters. The summed E-state index contributed by atoms with van der Waals surface area (Å²) >= 11 is 3.53. The largest absolute Gasteiger partial charge is 0.492 e. The second kappa shape index (κ2) is 5.63. The molecule has 0 fully saturated rings. The summed E-state index contributed by atoms with van der Waals surface area (Å²) in [7, 11) is 1.91. The van der Waals surface area contributed by atoms with E-state index in [1.54, 1.807) is 10.9 Å². The molecule has 4 nitrogen and oxygen atoms in total. The van der Waals surface area contributed by atoms with Crippen LogP contribution in [-0.4, -0.2) is 21.4 Å². The van der Waals surface area contributed by atoms with Gasteiger partial charge in [0, 0.05) is 29.5 Å². The Balaban J connectivity index is 1.70. The number of rotatable bonds is 4. The van der Waals surface area contributed by atoms with Gasteiger partial charge in [-0.05, 0) is 23.8 Å². The molecule has 3 rings (SSSR count). The van der Waals surface area contributed by atoms with Crippen molar-refractivity contribution < 1.29 is 4.74 Å². The van der Waals surface area contributed by atoms with Gasteiger partial charge in [0.2, 0.25) is 0 Å². The van der Waals surface area contributed by atoms with E-state index in [0.717, 1.165) is 27.5 Å². The van der Waals surface area contributed by atoms with Crippen LogP contribution in [0.15, 0.2) is 47.3 Å². The Morgan fingerprint density at radius 3 is 3.00 bits per heavy atom. The third-order valence-electron chi connectivity index (χ3n) is 3.07. The van der Waals surface area contributed by atoms with Crippen molar-refractivity contribution in [3.8, 4) is 5.75 Å². The Morgan fingerprint density at radius 2 is 2.20 bits per heavy atom. The van der Waals surface area contributed by atoms with E-state index in [1.807, 2.05) is 43.7 Å². The van der Waals surface area contributed by atoms with Gasteiger partial charge < -0.3 is 4.74 Å². The van der Waals surface area contributed by atoms with Crippen LogP contribution in [0.5, 0.6) is 5.75 Å². The molecule has 2 aromatic heterocycles. The molecule has 0 N–H and O–H groups in total. The molecule has 102 valence electrons. The van der Waals surface area contributed by atoms with E-state index in [4.69, 9.17) is 4.74 Å². The van der Waals surface area contributed by atoms with Gasteiger partial charge in [0.1, 0.15) is 5.75 Å². The van der Waals surface area contributed by atoms with Gasteiger partial charge in [0.25, 0.3) is 0 Å². The third-order valence-corrected chi connectivity index (χ3v) is 3.76. The van der Waals surface area contributed by atoms with Crippen LogP contribution >= 0.6 is 15.9 Å². The summed E-state index contributed by atoms with van der Waals surface area (Å²) in [5.74, 6) is 0.785. The van der Waals surface area contributed by atoms with E-state index in [-0.39, 0.29) is 0 Å². The molecule has 0 amide bonds. The maximum atomic E-state index is 5.76. The highest BCUT2D eigenvalue weighted by molar-refractivity contribution is 9.10. The minimum atomic E-state index is 0.614. The molecule has 1 aromatic carbocycles. The van der Waals surface area contributed by atoms with E-state index in [0.29, 0.717) is 6.61 Å². The summed E-state index contributed by atoms with van der Waals surface area (Å²) in [5, 5.41) is 5.20. The highest BCUT2D eigenvalue weighted by Crippen LogP contribution is 2.25. The Labute approximate surface area is 125 Å². The second-order valence-corrected chi connectivity index (χ2v) is 5.45. The highest BCUT2D eigenvalue weighted by atomic mass is 79.9. The Morgan fingerprint density at radius 1 is 1.30 bits per heavy atom. The summed E-state index contributed by atoms with van der Waals surface area (Å²) in [6.45, 7) is 0.614. The first kappa shape index (κ1) is 13.1. The lowest BCUT2D eigenvalue weighted by atomic mass is 10.2. The fourth-order valence-corrected chi connectivity index (χ4v) is 2.53. The molecule has 20 heavy (non-hydrogen) atoms. The van der Waals surface area contributed by atoms with E-state index in [9.17, 15) is 0 Å². The molecule has 5 heteroatoms. The molecule has 0 radical (unpaired) electrons. The Kier molecular flexibility index (Phi) is 3.69. The fraction of sp³-hybridized carbons (Fsp3) is 0.200. The highest BCUT2D eigenvalue weighted by Gasteiger charge is 2.03. The standard InChI is InChI=1S/C15H14BrN3O/c1-19-10-11(8-18-19)5-6-20-12-7-13-14(16)3-2-4-15(13)17-9-12/h2-4,7-10H,5-6H2,1H3. The normalized spacial score (nSPS) is 10.9. The summed E-state index contributed by atoms with van der Waals surface area (Å²) in [6.07, 6.45) is 6.46. The maximum absolute atomic E-state index is 5.76. The third kappa shape index (κ3) is 2.82. The van der Waals surface area contributed by atoms with Crippen LogP contribution in [0.1, 0.15) is 5.56 Å². The van der Waals surface area contributed by atoms with Crippen molar-refractivity contribution >= 4 is 26.8 Å². The number of benzene rings is 1. The average molecular weight is 332 g/mol. The predicted octanol–water partition coefficient (Wildman–Crippen LogP) is 3.35. The Hall–Kier alpha value is -1.88. The van der Waals surface area contributed by atoms with Crippen LogP contribution in [0.3, 0.4) is 0 Å². The number of hydrogen-bond acceptors (Lipinski definition) is 3. The van der Waals surface area contributed by atoms with Crippen molar-refractivity contribution in [3.05, 3.63) is 52.9 Å². The van der Waals surface area contributed by atoms with Crippen molar-refractivity contribution in [1.29, 1.82) is 0 Å². The molecule has 0 aliphatic carbocycles. The molecule has 0 saturated carbocycles. The molecular formula is C15H14BrN3O. The predicted molar refractivity (Wildman–Crippen MR) is 81.9 cm³/mol. The lowest BCUT2D eigenvalue weighted by molar-refractivity contribution is 0.321. The van der Waals surface area contributed by atoms with Gasteiger partial charge in [-0.1, -0.05) is 22.0 Å². The van der Waals surface area contributed by atoms with Gasteiger partial charge in [-0.2, -0.15) is 5.10 Å². The van der Waals surface area contributed by atoms with Crippen molar-refractivity contribution in [2.24, 2.45) is 7.05 Å². The smallest absolute Gasteiger partial charge is 0.138 e. The van der Waals surface area contributed by atoms with Crippen LogP contribution in [0.25, 0.3) is 10.9 Å². The van der Waals surface area contributed by atoms with E-state index >= 15 is 0 Å². The number of ether oxygens (including phenoxy) is 1. The minimum absolute atomic E-state index is 0.614. The summed E-state index contributed by atoms with van der Waals surface area (Å²) < 4.78 is 8.59. The number of aromatic nitrogens is 3. The van der Waals surface area contributed by atoms with Gasteiger partial charge in [-0.3, -0.25) is 9.67 Å². The van der Waals surface area contributed by atoms with Crippen LogP contribution in [-0.2, 0) is 13.5 Å². The minimum Gasteiger partial charge on any atom is -0.492 e. The topological polar surface area (TPSA) is 39.9 Å². The van der Waals surface area contributed by atoms with Gasteiger partial charge >= 0.3 is 0 Å². The lowest BCUT2D eigenvalue weighted by Gasteiger charge is -2.07. The molecule has 2 heterocycles. The van der Waals surface area contributed by atoms with E-state index in [2.05, 4.69) is 26.0 Å². The van der Waals surface area contributed by atoms with Crippen molar-refractivity contribution in [2.45, 2.75) is 6.42 Å². The summed E-state index contributed by atoms with van der Waals surface area (Å²) in [6, 6.07) is 7.97. The number of aryl methyl sites for hydroxylation is 1. The van der Waals surface area contributed by atoms with Crippen molar-refractivity contribution in [3.63, 3.8) is 0 Å². The van der Waals surface area contributed by atoms with Crippen LogP contribution in [0.2, 0.25) is 0 Å². The lowest BCUT2D eigenvalue weighted by Crippen LogP contribution is -2.01. The van der Waals surface area contributed by atoms with Gasteiger partial charge in [-0.25, -0.2) is 0 Å². The zero-order chi connectivity index (χ0) is 13.9. The molecule has 0 aliphatic rings. The molecular weight excluding hydrogens is 318 g/mol. The number of pyridine rings is 1. The van der Waals surface area contributed by atoms with E-state index < -0.39 is 0 Å². The first-order chi connectivity index (χ1) is 9.72. The number of hydrogen-bond donors (Lipinski definition) is 0. The van der Waals surface area contributed by atoms with Crippen LogP contribution < -0.4 is 4.74 Å². The number of nitrogens with zero attached hydrogens (tertiary/aromatic N) is 3. The van der Waals surface area contributed by atoms with Gasteiger partial charge in [0.05, 0.1) is 24.5 Å². The fourth-order valence-electron chi connectivity index (χ4n) is 2.06. The molecule has 0 bridgehead atoms. The first-order valence-corrected chi connectivity index (χ1v) is 7.16. The molecule has 0 aliphatic heterocycles. The molecule has 0 atom stereocenters. The number of fused-ring (bicyclic) bond motifs is 1.